The molecule has 58 heavy (non-hydrogen) atoms. The molecule has 6 aromatic carbocycles. The number of rotatable bonds is 23. The number of carbonyl (C=O) groups is 2. The average molecular weight is 909 g/mol. The van der Waals surface area contributed by atoms with Gasteiger partial charge in [-0.1, -0.05) is 197 Å². The number of unbranched alkanes of at least 4 members (excludes halogenated alkanes) is 16. The minimum absolute atomic E-state index is 0.196. The maximum absolute atomic E-state index is 13.5. The molecule has 0 saturated heterocycles. The Morgan fingerprint density at radius 2 is 0.707 bits per heavy atom. The van der Waals surface area contributed by atoms with Crippen LogP contribution < -0.4 is 9.47 Å². The molecule has 0 aliphatic heterocycles. The van der Waals surface area contributed by atoms with Crippen LogP contribution in [0.2, 0.25) is 0 Å². The molecule has 0 bridgehead atoms. The lowest BCUT2D eigenvalue weighted by atomic mass is 9.85. The van der Waals surface area contributed by atoms with Gasteiger partial charge in [0.2, 0.25) is 0 Å². The van der Waals surface area contributed by atoms with Crippen molar-refractivity contribution in [2.75, 3.05) is 0 Å². The molecule has 6 aromatic rings. The number of carbonyl (C=O) groups excluding carboxylic acids is 2. The normalized spacial score (nSPS) is 11.6. The van der Waals surface area contributed by atoms with E-state index in [-0.39, 0.29) is 11.9 Å². The lowest BCUT2D eigenvalue weighted by Gasteiger charge is -2.21. The van der Waals surface area contributed by atoms with Gasteiger partial charge in [-0.2, -0.15) is 0 Å². The summed E-state index contributed by atoms with van der Waals surface area (Å²) >= 11 is 7.55. The zero-order valence-electron chi connectivity index (χ0n) is 34.6. The summed E-state index contributed by atoms with van der Waals surface area (Å²) in [4.78, 5) is 27.0. The van der Waals surface area contributed by atoms with Crippen LogP contribution in [0.5, 0.6) is 11.5 Å². The van der Waals surface area contributed by atoms with Gasteiger partial charge in [0.15, 0.2) is 0 Å². The number of halogens is 2. The number of fused-ring (bicyclic) bond motifs is 4. The third kappa shape index (κ3) is 11.3. The van der Waals surface area contributed by atoms with Crippen LogP contribution in [0.15, 0.2) is 93.9 Å². The van der Waals surface area contributed by atoms with E-state index >= 15 is 0 Å². The highest BCUT2D eigenvalue weighted by molar-refractivity contribution is 9.10. The summed E-state index contributed by atoms with van der Waals surface area (Å²) in [7, 11) is 0. The highest BCUT2D eigenvalue weighted by atomic mass is 79.9. The van der Waals surface area contributed by atoms with E-state index in [1.807, 2.05) is 36.4 Å². The molecule has 6 heteroatoms. The van der Waals surface area contributed by atoms with Crippen molar-refractivity contribution in [2.45, 2.75) is 142 Å². The fourth-order valence-corrected chi connectivity index (χ4v) is 9.19. The summed E-state index contributed by atoms with van der Waals surface area (Å²) in [6.07, 6.45) is 22.3. The van der Waals surface area contributed by atoms with Gasteiger partial charge in [0.05, 0.1) is 0 Å². The van der Waals surface area contributed by atoms with Crippen LogP contribution in [0.3, 0.4) is 0 Å². The Bertz CT molecular complexity index is 2150. The molecule has 0 radical (unpaired) electrons. The second-order valence-corrected chi connectivity index (χ2v) is 17.8. The Morgan fingerprint density at radius 3 is 1.07 bits per heavy atom. The molecule has 0 aliphatic carbocycles. The van der Waals surface area contributed by atoms with E-state index in [0.29, 0.717) is 24.3 Å². The van der Waals surface area contributed by atoms with Crippen molar-refractivity contribution in [1.29, 1.82) is 0 Å². The summed E-state index contributed by atoms with van der Waals surface area (Å²) < 4.78 is 14.6. The summed E-state index contributed by atoms with van der Waals surface area (Å²) in [6.45, 7) is 4.50. The van der Waals surface area contributed by atoms with E-state index < -0.39 is 0 Å². The van der Waals surface area contributed by atoms with Crippen LogP contribution in [0.25, 0.3) is 54.2 Å². The molecule has 0 aliphatic rings. The Balaban J connectivity index is 1.33. The van der Waals surface area contributed by atoms with Crippen LogP contribution >= 0.6 is 31.9 Å². The molecular formula is C52H60Br2O4. The van der Waals surface area contributed by atoms with Crippen molar-refractivity contribution >= 4 is 86.9 Å². The van der Waals surface area contributed by atoms with E-state index in [4.69, 9.17) is 9.47 Å². The first-order valence-corrected chi connectivity index (χ1v) is 23.7. The Morgan fingerprint density at radius 1 is 0.397 bits per heavy atom. The fourth-order valence-electron chi connectivity index (χ4n) is 8.47. The van der Waals surface area contributed by atoms with Crippen molar-refractivity contribution in [3.8, 4) is 22.6 Å². The van der Waals surface area contributed by atoms with E-state index in [1.54, 1.807) is 0 Å². The summed E-state index contributed by atoms with van der Waals surface area (Å²) in [5.41, 5.74) is 2.08. The highest BCUT2D eigenvalue weighted by Gasteiger charge is 2.24. The molecule has 306 valence electrons. The molecule has 0 unspecified atom stereocenters. The first-order chi connectivity index (χ1) is 28.4. The molecule has 0 N–H and O–H groups in total. The zero-order chi connectivity index (χ0) is 40.7. The Labute approximate surface area is 362 Å². The highest BCUT2D eigenvalue weighted by Crippen LogP contribution is 2.50. The van der Waals surface area contributed by atoms with E-state index in [2.05, 4.69) is 94.2 Å². The number of hydrogen-bond donors (Lipinski definition) is 0. The van der Waals surface area contributed by atoms with Crippen LogP contribution in [0.4, 0.5) is 0 Å². The third-order valence-corrected chi connectivity index (χ3v) is 12.5. The lowest BCUT2D eigenvalue weighted by molar-refractivity contribution is -0.135. The number of benzene rings is 6. The van der Waals surface area contributed by atoms with E-state index in [1.165, 1.54) is 77.0 Å². The van der Waals surface area contributed by atoms with Gasteiger partial charge in [0, 0.05) is 43.3 Å². The molecule has 0 heterocycles. The topological polar surface area (TPSA) is 52.6 Å². The minimum Gasteiger partial charge on any atom is -0.425 e. The average Bonchev–Trinajstić information content (AvgIpc) is 3.23. The molecular weight excluding hydrogens is 848 g/mol. The summed E-state index contributed by atoms with van der Waals surface area (Å²) in [5.74, 6) is 0.802. The van der Waals surface area contributed by atoms with Gasteiger partial charge in [-0.05, 0) is 81.9 Å². The maximum atomic E-state index is 13.5. The Hall–Kier alpha value is -3.74. The number of ether oxygens (including phenoxy) is 2. The van der Waals surface area contributed by atoms with Gasteiger partial charge in [-0.25, -0.2) is 0 Å². The monoisotopic (exact) mass is 906 g/mol. The van der Waals surface area contributed by atoms with Crippen molar-refractivity contribution in [3.05, 3.63) is 93.9 Å². The maximum Gasteiger partial charge on any atom is 0.311 e. The second kappa shape index (κ2) is 22.6. The predicted octanol–water partition coefficient (Wildman–Crippen LogP) is 17.1. The quantitative estimate of drug-likeness (QED) is 0.0278. The Kier molecular flexibility index (Phi) is 17.1. The van der Waals surface area contributed by atoms with E-state index in [9.17, 15) is 9.59 Å². The molecule has 6 rings (SSSR count). The number of hydrogen-bond acceptors (Lipinski definition) is 4. The van der Waals surface area contributed by atoms with Gasteiger partial charge in [-0.3, -0.25) is 9.59 Å². The summed E-state index contributed by atoms with van der Waals surface area (Å²) in [6, 6.07) is 28.9. The molecule has 0 atom stereocenters. The minimum atomic E-state index is -0.196. The molecule has 0 spiro atoms. The van der Waals surface area contributed by atoms with Gasteiger partial charge >= 0.3 is 11.9 Å². The smallest absolute Gasteiger partial charge is 0.311 e. The summed E-state index contributed by atoms with van der Waals surface area (Å²) in [5, 5.41) is 7.44. The van der Waals surface area contributed by atoms with Crippen molar-refractivity contribution in [1.82, 2.24) is 0 Å². The van der Waals surface area contributed by atoms with Crippen LogP contribution in [-0.4, -0.2) is 11.9 Å². The van der Waals surface area contributed by atoms with Crippen LogP contribution in [0, 0.1) is 0 Å². The zero-order valence-corrected chi connectivity index (χ0v) is 37.8. The van der Waals surface area contributed by atoms with Gasteiger partial charge in [-0.15, -0.1) is 0 Å². The molecule has 0 saturated carbocycles. The van der Waals surface area contributed by atoms with E-state index in [0.717, 1.165) is 102 Å². The van der Waals surface area contributed by atoms with Crippen molar-refractivity contribution in [3.63, 3.8) is 0 Å². The standard InChI is InChI=1S/C52H60Br2O4/c1-3-5-7-9-11-13-15-17-19-29-47(55)57-51-41-27-23-21-25-39(41)49(45-35-37(53)31-33-43(45)51)50-40-26-22-24-28-42(40)52(44-34-32-38(54)36-46(44)50)58-48(56)30-20-18-16-14-12-10-8-6-4-2/h21-28,31-36H,3-20,29-30H2,1-2H3. The number of esters is 2. The fraction of sp³-hybridized carbons (Fsp3) is 0.423. The van der Waals surface area contributed by atoms with Crippen LogP contribution in [-0.2, 0) is 9.59 Å². The first kappa shape index (κ1) is 43.8. The largest absolute Gasteiger partial charge is 0.425 e. The molecule has 0 fully saturated rings. The van der Waals surface area contributed by atoms with Crippen molar-refractivity contribution < 1.29 is 19.1 Å². The third-order valence-electron chi connectivity index (χ3n) is 11.5. The second-order valence-electron chi connectivity index (χ2n) is 16.0. The molecule has 4 nitrogen and oxygen atoms in total. The SMILES string of the molecule is CCCCCCCCCCCC(=O)Oc1c2ccccc2c(-c2c3ccccc3c(OC(=O)CCCCCCCCCCC)c3ccc(Br)cc23)c2cc(Br)ccc12. The van der Waals surface area contributed by atoms with Gasteiger partial charge in [0.1, 0.15) is 11.5 Å². The molecule has 0 amide bonds. The van der Waals surface area contributed by atoms with Crippen molar-refractivity contribution in [2.24, 2.45) is 0 Å². The van der Waals surface area contributed by atoms with Gasteiger partial charge in [0.25, 0.3) is 0 Å². The van der Waals surface area contributed by atoms with Crippen LogP contribution in [0.1, 0.15) is 142 Å². The predicted molar refractivity (Wildman–Crippen MR) is 252 cm³/mol. The molecule has 0 aromatic heterocycles. The van der Waals surface area contributed by atoms with Gasteiger partial charge < -0.3 is 9.47 Å². The lowest BCUT2D eigenvalue weighted by Crippen LogP contribution is -2.09. The first-order valence-electron chi connectivity index (χ1n) is 22.1.